The van der Waals surface area contributed by atoms with Crippen molar-refractivity contribution in [2.75, 3.05) is 33.2 Å². The molecule has 25 heavy (non-hydrogen) atoms. The highest BCUT2D eigenvalue weighted by molar-refractivity contribution is 5.95. The Morgan fingerprint density at radius 1 is 1.12 bits per heavy atom. The SMILES string of the molecule is CCc1ccc(C(=O)N2C[C@@H](C(N)=O)[C@H](C3CCN(C)CC3)C2)cc1. The second kappa shape index (κ2) is 7.56. The van der Waals surface area contributed by atoms with Gasteiger partial charge in [-0.3, -0.25) is 9.59 Å². The fourth-order valence-electron chi connectivity index (χ4n) is 4.30. The van der Waals surface area contributed by atoms with Crippen LogP contribution in [0.4, 0.5) is 0 Å². The van der Waals surface area contributed by atoms with Crippen LogP contribution in [0.25, 0.3) is 0 Å². The van der Waals surface area contributed by atoms with Crippen molar-refractivity contribution in [2.24, 2.45) is 23.5 Å². The lowest BCUT2D eigenvalue weighted by molar-refractivity contribution is -0.123. The molecule has 2 N–H and O–H groups in total. The summed E-state index contributed by atoms with van der Waals surface area (Å²) >= 11 is 0. The van der Waals surface area contributed by atoms with Gasteiger partial charge in [0.2, 0.25) is 5.91 Å². The molecule has 1 aromatic rings. The second-order valence-corrected chi connectivity index (χ2v) is 7.57. The monoisotopic (exact) mass is 343 g/mol. The molecule has 2 aliphatic heterocycles. The van der Waals surface area contributed by atoms with Gasteiger partial charge in [0, 0.05) is 18.7 Å². The quantitative estimate of drug-likeness (QED) is 0.906. The van der Waals surface area contributed by atoms with Crippen LogP contribution in [0, 0.1) is 17.8 Å². The van der Waals surface area contributed by atoms with Crippen molar-refractivity contribution in [1.29, 1.82) is 0 Å². The number of carbonyl (C=O) groups is 2. The second-order valence-electron chi connectivity index (χ2n) is 7.57. The van der Waals surface area contributed by atoms with Gasteiger partial charge < -0.3 is 15.5 Å². The van der Waals surface area contributed by atoms with E-state index in [0.29, 0.717) is 24.6 Å². The number of aryl methyl sites for hydroxylation is 1. The Morgan fingerprint density at radius 3 is 2.32 bits per heavy atom. The number of carbonyl (C=O) groups excluding carboxylic acids is 2. The van der Waals surface area contributed by atoms with E-state index < -0.39 is 0 Å². The first-order chi connectivity index (χ1) is 12.0. The molecule has 0 saturated carbocycles. The number of rotatable bonds is 4. The van der Waals surface area contributed by atoms with Crippen molar-refractivity contribution in [2.45, 2.75) is 26.2 Å². The Kier molecular flexibility index (Phi) is 5.42. The normalized spacial score (nSPS) is 25.3. The van der Waals surface area contributed by atoms with E-state index in [0.717, 1.165) is 32.4 Å². The number of primary amides is 1. The van der Waals surface area contributed by atoms with E-state index >= 15 is 0 Å². The summed E-state index contributed by atoms with van der Waals surface area (Å²) in [4.78, 5) is 29.0. The number of piperidine rings is 1. The largest absolute Gasteiger partial charge is 0.369 e. The molecular formula is C20H29N3O2. The standard InChI is InChI=1S/C20H29N3O2/c1-3-14-4-6-16(7-5-14)20(25)23-12-17(18(13-23)19(21)24)15-8-10-22(2)11-9-15/h4-7,15,17-18H,3,8-13H2,1-2H3,(H2,21,24)/t17-,18+/m0/s1. The molecule has 5 nitrogen and oxygen atoms in total. The summed E-state index contributed by atoms with van der Waals surface area (Å²) in [5.74, 6) is 0.219. The van der Waals surface area contributed by atoms with Gasteiger partial charge in [-0.1, -0.05) is 19.1 Å². The van der Waals surface area contributed by atoms with Crippen LogP contribution in [0.15, 0.2) is 24.3 Å². The molecule has 0 aromatic heterocycles. The number of likely N-dealkylation sites (tertiary alicyclic amines) is 2. The van der Waals surface area contributed by atoms with Gasteiger partial charge >= 0.3 is 0 Å². The van der Waals surface area contributed by atoms with E-state index in [1.54, 1.807) is 0 Å². The fourth-order valence-corrected chi connectivity index (χ4v) is 4.30. The first-order valence-corrected chi connectivity index (χ1v) is 9.35. The number of hydrogen-bond donors (Lipinski definition) is 1. The number of amides is 2. The van der Waals surface area contributed by atoms with Crippen LogP contribution in [0.5, 0.6) is 0 Å². The third-order valence-corrected chi connectivity index (χ3v) is 6.00. The van der Waals surface area contributed by atoms with E-state index in [1.165, 1.54) is 5.56 Å². The smallest absolute Gasteiger partial charge is 0.253 e. The molecule has 0 spiro atoms. The lowest BCUT2D eigenvalue weighted by Crippen LogP contribution is -2.38. The predicted octanol–water partition coefficient (Wildman–Crippen LogP) is 1.76. The van der Waals surface area contributed by atoms with Crippen LogP contribution in [0.2, 0.25) is 0 Å². The van der Waals surface area contributed by atoms with Crippen molar-refractivity contribution in [3.8, 4) is 0 Å². The molecule has 5 heteroatoms. The summed E-state index contributed by atoms with van der Waals surface area (Å²) in [7, 11) is 2.13. The van der Waals surface area contributed by atoms with Gasteiger partial charge in [-0.2, -0.15) is 0 Å². The van der Waals surface area contributed by atoms with Gasteiger partial charge in [0.25, 0.3) is 5.91 Å². The molecule has 2 heterocycles. The van der Waals surface area contributed by atoms with Crippen molar-refractivity contribution >= 4 is 11.8 Å². The van der Waals surface area contributed by atoms with Crippen LogP contribution in [0.3, 0.4) is 0 Å². The van der Waals surface area contributed by atoms with Crippen molar-refractivity contribution in [3.05, 3.63) is 35.4 Å². The molecule has 136 valence electrons. The molecule has 0 aliphatic carbocycles. The summed E-state index contributed by atoms with van der Waals surface area (Å²) in [6.07, 6.45) is 3.12. The molecule has 2 atom stereocenters. The third kappa shape index (κ3) is 3.87. The van der Waals surface area contributed by atoms with Crippen molar-refractivity contribution < 1.29 is 9.59 Å². The van der Waals surface area contributed by atoms with Crippen LogP contribution >= 0.6 is 0 Å². The fraction of sp³-hybridized carbons (Fsp3) is 0.600. The van der Waals surface area contributed by atoms with Gasteiger partial charge in [-0.05, 0) is 68.9 Å². The Balaban J connectivity index is 1.72. The Labute approximate surface area is 150 Å². The number of benzene rings is 1. The minimum atomic E-state index is -0.263. The minimum absolute atomic E-state index is 0.0179. The first kappa shape index (κ1) is 17.9. The zero-order chi connectivity index (χ0) is 18.0. The van der Waals surface area contributed by atoms with Gasteiger partial charge in [0.1, 0.15) is 0 Å². The van der Waals surface area contributed by atoms with E-state index in [2.05, 4.69) is 18.9 Å². The Bertz CT molecular complexity index is 620. The van der Waals surface area contributed by atoms with Crippen molar-refractivity contribution in [3.63, 3.8) is 0 Å². The van der Waals surface area contributed by atoms with Crippen LogP contribution in [-0.2, 0) is 11.2 Å². The highest BCUT2D eigenvalue weighted by atomic mass is 16.2. The summed E-state index contributed by atoms with van der Waals surface area (Å²) in [6, 6.07) is 7.79. The average molecular weight is 343 g/mol. The van der Waals surface area contributed by atoms with Gasteiger partial charge in [-0.15, -0.1) is 0 Å². The molecular weight excluding hydrogens is 314 g/mol. The molecule has 0 unspecified atom stereocenters. The molecule has 2 saturated heterocycles. The first-order valence-electron chi connectivity index (χ1n) is 9.35. The summed E-state index contributed by atoms with van der Waals surface area (Å²) in [5, 5.41) is 0. The van der Waals surface area contributed by atoms with E-state index in [9.17, 15) is 9.59 Å². The molecule has 0 radical (unpaired) electrons. The Hall–Kier alpha value is -1.88. The molecule has 2 aliphatic rings. The zero-order valence-electron chi connectivity index (χ0n) is 15.3. The highest BCUT2D eigenvalue weighted by Gasteiger charge is 2.43. The minimum Gasteiger partial charge on any atom is -0.369 e. The summed E-state index contributed by atoms with van der Waals surface area (Å²) < 4.78 is 0. The number of nitrogens with zero attached hydrogens (tertiary/aromatic N) is 2. The maximum atomic E-state index is 12.9. The predicted molar refractivity (Wildman–Crippen MR) is 98.1 cm³/mol. The van der Waals surface area contributed by atoms with E-state index in [-0.39, 0.29) is 23.7 Å². The maximum Gasteiger partial charge on any atom is 0.253 e. The Morgan fingerprint density at radius 2 is 1.76 bits per heavy atom. The van der Waals surface area contributed by atoms with Crippen molar-refractivity contribution in [1.82, 2.24) is 9.80 Å². The molecule has 2 fully saturated rings. The summed E-state index contributed by atoms with van der Waals surface area (Å²) in [6.45, 7) is 5.32. The lowest BCUT2D eigenvalue weighted by atomic mass is 9.78. The van der Waals surface area contributed by atoms with Crippen LogP contribution in [-0.4, -0.2) is 54.8 Å². The third-order valence-electron chi connectivity index (χ3n) is 6.00. The van der Waals surface area contributed by atoms with Crippen LogP contribution < -0.4 is 5.73 Å². The topological polar surface area (TPSA) is 66.6 Å². The zero-order valence-corrected chi connectivity index (χ0v) is 15.3. The number of nitrogens with two attached hydrogens (primary N) is 1. The van der Waals surface area contributed by atoms with Gasteiger partial charge in [-0.25, -0.2) is 0 Å². The van der Waals surface area contributed by atoms with Crippen LogP contribution in [0.1, 0.15) is 35.7 Å². The molecule has 0 bridgehead atoms. The molecule has 3 rings (SSSR count). The molecule has 1 aromatic carbocycles. The highest BCUT2D eigenvalue weighted by Crippen LogP contribution is 2.36. The lowest BCUT2D eigenvalue weighted by Gasteiger charge is -2.34. The van der Waals surface area contributed by atoms with E-state index in [4.69, 9.17) is 5.73 Å². The maximum absolute atomic E-state index is 12.9. The average Bonchev–Trinajstić information content (AvgIpc) is 3.07. The molecule has 2 amide bonds. The van der Waals surface area contributed by atoms with E-state index in [1.807, 2.05) is 29.2 Å². The van der Waals surface area contributed by atoms with Gasteiger partial charge in [0.05, 0.1) is 5.92 Å². The summed E-state index contributed by atoms with van der Waals surface area (Å²) in [5.41, 5.74) is 7.59. The number of hydrogen-bond acceptors (Lipinski definition) is 3. The van der Waals surface area contributed by atoms with Gasteiger partial charge in [0.15, 0.2) is 0 Å².